The molecule has 1 saturated heterocycles. The Labute approximate surface area is 201 Å². The molecule has 0 unspecified atom stereocenters. The molecule has 2 aromatic carbocycles. The number of benzene rings is 2. The van der Waals surface area contributed by atoms with E-state index in [0.717, 1.165) is 12.0 Å². The van der Waals surface area contributed by atoms with Crippen LogP contribution < -0.4 is 4.74 Å². The number of nitrogens with zero attached hydrogens (tertiary/aromatic N) is 2. The number of carbonyl (C=O) groups excluding carboxylic acids is 2. The standard InChI is InChI=1S/C25H32N2O6S/c1-18-12-19(2)15-27(14-18)34(30,31)23-13-21(10-11-22(23)32-3)25(29)26(17-24(28)33-4)16-20-8-6-5-7-9-20/h5-11,13,18-19H,12,14-17H2,1-4H3/t18-,19+. The van der Waals surface area contributed by atoms with Crippen LogP contribution in [0.15, 0.2) is 53.4 Å². The number of ether oxygens (including phenoxy) is 2. The van der Waals surface area contributed by atoms with E-state index in [0.29, 0.717) is 13.1 Å². The molecule has 1 aliphatic rings. The van der Waals surface area contributed by atoms with Crippen molar-refractivity contribution in [3.8, 4) is 5.75 Å². The summed E-state index contributed by atoms with van der Waals surface area (Å²) in [4.78, 5) is 26.7. The lowest BCUT2D eigenvalue weighted by atomic mass is 9.94. The summed E-state index contributed by atoms with van der Waals surface area (Å²) in [5, 5.41) is 0. The number of esters is 1. The summed E-state index contributed by atoms with van der Waals surface area (Å²) in [6.45, 7) is 4.80. The zero-order chi connectivity index (χ0) is 24.9. The van der Waals surface area contributed by atoms with Gasteiger partial charge in [0.2, 0.25) is 10.0 Å². The first-order valence-corrected chi connectivity index (χ1v) is 12.7. The topological polar surface area (TPSA) is 93.2 Å². The van der Waals surface area contributed by atoms with Gasteiger partial charge in [0.15, 0.2) is 0 Å². The van der Waals surface area contributed by atoms with E-state index in [-0.39, 0.29) is 41.1 Å². The van der Waals surface area contributed by atoms with Gasteiger partial charge in [0.05, 0.1) is 14.2 Å². The second-order valence-corrected chi connectivity index (χ2v) is 10.8. The number of methoxy groups -OCH3 is 2. The van der Waals surface area contributed by atoms with E-state index in [2.05, 4.69) is 0 Å². The van der Waals surface area contributed by atoms with E-state index in [1.54, 1.807) is 0 Å². The first-order valence-electron chi connectivity index (χ1n) is 11.2. The predicted molar refractivity (Wildman–Crippen MR) is 128 cm³/mol. The highest BCUT2D eigenvalue weighted by atomic mass is 32.2. The number of piperidine rings is 1. The first kappa shape index (κ1) is 25.7. The molecule has 1 amide bonds. The van der Waals surface area contributed by atoms with E-state index >= 15 is 0 Å². The zero-order valence-electron chi connectivity index (χ0n) is 20.1. The molecule has 0 radical (unpaired) electrons. The van der Waals surface area contributed by atoms with Gasteiger partial charge in [0, 0.05) is 25.2 Å². The monoisotopic (exact) mass is 488 g/mol. The lowest BCUT2D eigenvalue weighted by molar-refractivity contribution is -0.141. The average Bonchev–Trinajstić information content (AvgIpc) is 2.82. The van der Waals surface area contributed by atoms with Crippen LogP contribution in [0.1, 0.15) is 36.2 Å². The smallest absolute Gasteiger partial charge is 0.325 e. The number of carbonyl (C=O) groups is 2. The van der Waals surface area contributed by atoms with Crippen LogP contribution in [0.25, 0.3) is 0 Å². The fourth-order valence-electron chi connectivity index (χ4n) is 4.36. The highest BCUT2D eigenvalue weighted by Crippen LogP contribution is 2.32. The van der Waals surface area contributed by atoms with Crippen LogP contribution in [-0.2, 0) is 26.1 Å². The molecule has 0 spiro atoms. The average molecular weight is 489 g/mol. The van der Waals surface area contributed by atoms with E-state index < -0.39 is 21.9 Å². The normalized spacial score (nSPS) is 18.8. The van der Waals surface area contributed by atoms with Crippen LogP contribution in [0.3, 0.4) is 0 Å². The maximum atomic E-state index is 13.6. The van der Waals surface area contributed by atoms with Gasteiger partial charge in [-0.1, -0.05) is 44.2 Å². The van der Waals surface area contributed by atoms with Gasteiger partial charge in [0.1, 0.15) is 17.2 Å². The molecule has 9 heteroatoms. The Bertz CT molecular complexity index is 1110. The molecule has 0 bridgehead atoms. The van der Waals surface area contributed by atoms with Crippen molar-refractivity contribution < 1.29 is 27.5 Å². The van der Waals surface area contributed by atoms with Crippen molar-refractivity contribution in [3.63, 3.8) is 0 Å². The van der Waals surface area contributed by atoms with Gasteiger partial charge in [0.25, 0.3) is 5.91 Å². The van der Waals surface area contributed by atoms with Gasteiger partial charge in [-0.15, -0.1) is 0 Å². The summed E-state index contributed by atoms with van der Waals surface area (Å²) in [5.74, 6) is -0.410. The van der Waals surface area contributed by atoms with Gasteiger partial charge < -0.3 is 14.4 Å². The van der Waals surface area contributed by atoms with Crippen molar-refractivity contribution >= 4 is 21.9 Å². The van der Waals surface area contributed by atoms with Gasteiger partial charge in [-0.05, 0) is 42.0 Å². The highest BCUT2D eigenvalue weighted by molar-refractivity contribution is 7.89. The number of amides is 1. The Morgan fingerprint density at radius 1 is 1.03 bits per heavy atom. The van der Waals surface area contributed by atoms with Crippen molar-refractivity contribution in [2.45, 2.75) is 31.7 Å². The molecule has 1 fully saturated rings. The molecule has 0 saturated carbocycles. The number of hydrogen-bond donors (Lipinski definition) is 0. The molecule has 0 aliphatic carbocycles. The molecular weight excluding hydrogens is 456 g/mol. The van der Waals surface area contributed by atoms with Crippen LogP contribution in [0, 0.1) is 11.8 Å². The zero-order valence-corrected chi connectivity index (χ0v) is 20.9. The maximum Gasteiger partial charge on any atom is 0.325 e. The Morgan fingerprint density at radius 2 is 1.68 bits per heavy atom. The van der Waals surface area contributed by atoms with Crippen molar-refractivity contribution in [2.75, 3.05) is 33.9 Å². The summed E-state index contributed by atoms with van der Waals surface area (Å²) >= 11 is 0. The third kappa shape index (κ3) is 5.95. The van der Waals surface area contributed by atoms with Gasteiger partial charge >= 0.3 is 5.97 Å². The summed E-state index contributed by atoms with van der Waals surface area (Å²) < 4.78 is 38.7. The Hall–Kier alpha value is -2.91. The predicted octanol–water partition coefficient (Wildman–Crippen LogP) is 3.18. The van der Waals surface area contributed by atoms with Gasteiger partial charge in [-0.3, -0.25) is 9.59 Å². The Balaban J connectivity index is 1.97. The first-order chi connectivity index (χ1) is 16.1. The van der Waals surface area contributed by atoms with Crippen molar-refractivity contribution in [2.24, 2.45) is 11.8 Å². The molecule has 1 aliphatic heterocycles. The minimum absolute atomic E-state index is 0.0557. The van der Waals surface area contributed by atoms with Crippen LogP contribution in [-0.4, -0.2) is 63.4 Å². The third-order valence-corrected chi connectivity index (χ3v) is 7.77. The summed E-state index contributed by atoms with van der Waals surface area (Å²) in [7, 11) is -1.24. The molecular formula is C25H32N2O6S. The molecule has 8 nitrogen and oxygen atoms in total. The van der Waals surface area contributed by atoms with Crippen molar-refractivity contribution in [3.05, 3.63) is 59.7 Å². The van der Waals surface area contributed by atoms with Crippen LogP contribution in [0.2, 0.25) is 0 Å². The lowest BCUT2D eigenvalue weighted by Crippen LogP contribution is -2.42. The maximum absolute atomic E-state index is 13.6. The molecule has 3 rings (SSSR count). The molecule has 184 valence electrons. The fourth-order valence-corrected chi connectivity index (χ4v) is 6.22. The number of hydrogen-bond acceptors (Lipinski definition) is 6. The molecule has 0 aromatic heterocycles. The molecule has 2 atom stereocenters. The fraction of sp³-hybridized carbons (Fsp3) is 0.440. The Kier molecular flexibility index (Phi) is 8.33. The SMILES string of the molecule is COC(=O)CN(Cc1ccccc1)C(=O)c1ccc(OC)c(S(=O)(=O)N2C[C@H](C)C[C@H](C)C2)c1. The van der Waals surface area contributed by atoms with E-state index in [4.69, 9.17) is 9.47 Å². The molecule has 1 heterocycles. The summed E-state index contributed by atoms with van der Waals surface area (Å²) in [6, 6.07) is 13.6. The molecule has 0 N–H and O–H groups in total. The van der Waals surface area contributed by atoms with E-state index in [9.17, 15) is 18.0 Å². The van der Waals surface area contributed by atoms with Crippen LogP contribution in [0.4, 0.5) is 0 Å². The Morgan fingerprint density at radius 3 is 2.26 bits per heavy atom. The van der Waals surface area contributed by atoms with E-state index in [1.807, 2.05) is 44.2 Å². The summed E-state index contributed by atoms with van der Waals surface area (Å²) in [6.07, 6.45) is 0.962. The summed E-state index contributed by atoms with van der Waals surface area (Å²) in [5.41, 5.74) is 0.981. The number of rotatable bonds is 8. The minimum atomic E-state index is -3.89. The van der Waals surface area contributed by atoms with Crippen molar-refractivity contribution in [1.82, 2.24) is 9.21 Å². The van der Waals surface area contributed by atoms with Crippen LogP contribution in [0.5, 0.6) is 5.75 Å². The van der Waals surface area contributed by atoms with Gasteiger partial charge in [-0.2, -0.15) is 4.31 Å². The third-order valence-electron chi connectivity index (χ3n) is 5.91. The lowest BCUT2D eigenvalue weighted by Gasteiger charge is -2.34. The molecule has 2 aromatic rings. The quantitative estimate of drug-likeness (QED) is 0.530. The second-order valence-electron chi connectivity index (χ2n) is 8.86. The van der Waals surface area contributed by atoms with E-state index in [1.165, 1.54) is 41.6 Å². The minimum Gasteiger partial charge on any atom is -0.495 e. The second kappa shape index (κ2) is 11.0. The van der Waals surface area contributed by atoms with Crippen molar-refractivity contribution in [1.29, 1.82) is 0 Å². The van der Waals surface area contributed by atoms with Gasteiger partial charge in [-0.25, -0.2) is 8.42 Å². The molecule has 34 heavy (non-hydrogen) atoms. The largest absolute Gasteiger partial charge is 0.495 e. The number of sulfonamides is 1. The highest BCUT2D eigenvalue weighted by Gasteiger charge is 2.34. The van der Waals surface area contributed by atoms with Crippen LogP contribution >= 0.6 is 0 Å².